The number of alkyl halides is 2. The number of hydrogen-bond acceptors (Lipinski definition) is 10. The number of rotatable bonds is 6. The van der Waals surface area contributed by atoms with Crippen LogP contribution in [0.15, 0.2) is 10.7 Å². The van der Waals surface area contributed by atoms with Gasteiger partial charge < -0.3 is 20.1 Å². The van der Waals surface area contributed by atoms with Gasteiger partial charge in [-0.1, -0.05) is 5.16 Å². The topological polar surface area (TPSA) is 126 Å². The molecule has 0 saturated carbocycles. The maximum Gasteiger partial charge on any atom is 0.255 e. The van der Waals surface area contributed by atoms with Crippen LogP contribution in [0.1, 0.15) is 78.8 Å². The van der Waals surface area contributed by atoms with Gasteiger partial charge in [-0.05, 0) is 77.4 Å². The molecular weight excluding hydrogens is 572 g/mol. The first-order chi connectivity index (χ1) is 20.7. The van der Waals surface area contributed by atoms with E-state index < -0.39 is 18.4 Å². The Hall–Kier alpha value is -3.63. The second kappa shape index (κ2) is 10.5. The highest BCUT2D eigenvalue weighted by atomic mass is 32.1. The van der Waals surface area contributed by atoms with Crippen LogP contribution < -0.4 is 10.6 Å². The minimum atomic E-state index is -2.54. The molecule has 4 aromatic rings. The fraction of sp³-hybridized carbons (Fsp3) is 0.567. The maximum absolute atomic E-state index is 13.6. The van der Waals surface area contributed by atoms with Gasteiger partial charge in [-0.15, -0.1) is 11.3 Å². The molecule has 2 aliphatic carbocycles. The number of aryl methyl sites for hydroxylation is 1. The number of likely N-dealkylation sites (N-methyl/N-ethyl adjacent to an activating group) is 1. The lowest BCUT2D eigenvalue weighted by molar-refractivity contribution is 0.156. The summed E-state index contributed by atoms with van der Waals surface area (Å²) in [7, 11) is 3.74. The number of nitrogens with two attached hydrogens (primary N) is 1. The molecule has 1 aliphatic heterocycles. The summed E-state index contributed by atoms with van der Waals surface area (Å²) in [5, 5.41) is 20.5. The van der Waals surface area contributed by atoms with Crippen LogP contribution in [-0.2, 0) is 18.3 Å². The van der Waals surface area contributed by atoms with E-state index in [0.29, 0.717) is 38.9 Å². The van der Waals surface area contributed by atoms with Gasteiger partial charge in [0.2, 0.25) is 0 Å². The number of aromatic nitrogens is 5. The molecule has 7 rings (SSSR count). The lowest BCUT2D eigenvalue weighted by Crippen LogP contribution is -2.35. The largest absolute Gasteiger partial charge is 0.389 e. The van der Waals surface area contributed by atoms with E-state index in [2.05, 4.69) is 30.1 Å². The smallest absolute Gasteiger partial charge is 0.255 e. The molecule has 1 fully saturated rings. The van der Waals surface area contributed by atoms with Crippen molar-refractivity contribution in [2.45, 2.75) is 82.2 Å². The minimum absolute atomic E-state index is 0.0182. The second-order valence-electron chi connectivity index (χ2n) is 12.3. The van der Waals surface area contributed by atoms with Gasteiger partial charge in [0, 0.05) is 23.5 Å². The lowest BCUT2D eigenvalue weighted by Gasteiger charge is -2.39. The normalized spacial score (nSPS) is 22.7. The van der Waals surface area contributed by atoms with E-state index in [1.807, 2.05) is 4.68 Å². The fourth-order valence-corrected chi connectivity index (χ4v) is 8.99. The van der Waals surface area contributed by atoms with Crippen LogP contribution in [0.2, 0.25) is 0 Å². The number of anilines is 2. The molecule has 0 unspecified atom stereocenters. The summed E-state index contributed by atoms with van der Waals surface area (Å²) in [6.45, 7) is 2.68. The molecular formula is C30H35F2N9OS. The fourth-order valence-electron chi connectivity index (χ4n) is 7.82. The van der Waals surface area contributed by atoms with E-state index in [4.69, 9.17) is 25.3 Å². The number of likely N-dealkylation sites (tertiary alicyclic amines) is 1. The quantitative estimate of drug-likeness (QED) is 0.310. The Morgan fingerprint density at radius 2 is 2.05 bits per heavy atom. The van der Waals surface area contributed by atoms with Gasteiger partial charge in [-0.25, -0.2) is 23.4 Å². The summed E-state index contributed by atoms with van der Waals surface area (Å²) in [6.07, 6.45) is 6.45. The van der Waals surface area contributed by atoms with E-state index in [1.165, 1.54) is 16.2 Å². The zero-order valence-corrected chi connectivity index (χ0v) is 25.4. The lowest BCUT2D eigenvalue weighted by atomic mass is 9.63. The maximum atomic E-state index is 13.6. The van der Waals surface area contributed by atoms with Crippen LogP contribution in [0.3, 0.4) is 0 Å². The number of nitrogen functional groups attached to an aromatic ring is 1. The Morgan fingerprint density at radius 1 is 1.26 bits per heavy atom. The molecule has 226 valence electrons. The summed E-state index contributed by atoms with van der Waals surface area (Å²) < 4.78 is 35.2. The molecule has 2 N–H and O–H groups in total. The zero-order valence-electron chi connectivity index (χ0n) is 24.6. The van der Waals surface area contributed by atoms with Gasteiger partial charge in [0.1, 0.15) is 16.9 Å². The number of nitrogens with zero attached hydrogens (tertiary/aromatic N) is 8. The molecule has 0 aromatic carbocycles. The van der Waals surface area contributed by atoms with Crippen molar-refractivity contribution in [3.8, 4) is 17.6 Å². The van der Waals surface area contributed by atoms with Crippen LogP contribution in [0.4, 0.5) is 19.6 Å². The van der Waals surface area contributed by atoms with Gasteiger partial charge in [-0.2, -0.15) is 10.4 Å². The third-order valence-electron chi connectivity index (χ3n) is 9.80. The number of fused-ring (bicyclic) bond motifs is 5. The Bertz CT molecular complexity index is 1740. The van der Waals surface area contributed by atoms with Crippen molar-refractivity contribution in [3.05, 3.63) is 33.5 Å². The molecule has 3 aliphatic rings. The van der Waals surface area contributed by atoms with Crippen molar-refractivity contribution >= 4 is 33.2 Å². The van der Waals surface area contributed by atoms with Gasteiger partial charge in [0.25, 0.3) is 6.43 Å². The monoisotopic (exact) mass is 607 g/mol. The molecule has 5 heterocycles. The first-order valence-corrected chi connectivity index (χ1v) is 15.8. The Balaban J connectivity index is 1.39. The molecule has 0 bridgehead atoms. The molecule has 1 spiro atoms. The van der Waals surface area contributed by atoms with Gasteiger partial charge in [-0.3, -0.25) is 0 Å². The molecule has 0 amide bonds. The SMILES string of the molecule is C[C@@H]([C@@H]1CCCN1C)n1ncc2c(N(C)CC(F)F)nc(-c3noc4c3CCC[C@@]43CCCc4sc(N)c(C#N)c43)nc21. The average molecular weight is 608 g/mol. The number of halogens is 2. The second-order valence-corrected chi connectivity index (χ2v) is 13.4. The van der Waals surface area contributed by atoms with Crippen molar-refractivity contribution in [2.24, 2.45) is 0 Å². The Morgan fingerprint density at radius 3 is 2.77 bits per heavy atom. The number of nitriles is 1. The Kier molecular flexibility index (Phi) is 6.89. The summed E-state index contributed by atoms with van der Waals surface area (Å²) in [6, 6.07) is 2.66. The highest BCUT2D eigenvalue weighted by molar-refractivity contribution is 7.16. The van der Waals surface area contributed by atoms with E-state index in [1.54, 1.807) is 13.2 Å². The van der Waals surface area contributed by atoms with E-state index in [-0.39, 0.29) is 12.1 Å². The standard InChI is InChI=1S/C30H35F2N9OS/c1-16(20-8-6-12-39(20)2)41-29-19(14-35-41)28(40(3)15-22(31)32)36-27(37-29)24-17-7-4-10-30(25(17)42-38-24)11-5-9-21-23(30)18(13-33)26(34)43-21/h14,16,20,22H,4-12,15,34H2,1-3H3/t16-,20-,30-/m0/s1. The van der Waals surface area contributed by atoms with Gasteiger partial charge in [0.05, 0.1) is 35.1 Å². The first-order valence-electron chi connectivity index (χ1n) is 15.0. The molecule has 1 saturated heterocycles. The van der Waals surface area contributed by atoms with E-state index in [0.717, 1.165) is 79.7 Å². The third kappa shape index (κ3) is 4.32. The highest BCUT2D eigenvalue weighted by Crippen LogP contribution is 2.55. The molecule has 4 aromatic heterocycles. The van der Waals surface area contributed by atoms with Crippen molar-refractivity contribution < 1.29 is 13.3 Å². The highest BCUT2D eigenvalue weighted by Gasteiger charge is 2.49. The van der Waals surface area contributed by atoms with E-state index in [9.17, 15) is 14.0 Å². The van der Waals surface area contributed by atoms with Gasteiger partial charge in [0.15, 0.2) is 22.9 Å². The molecule has 43 heavy (non-hydrogen) atoms. The number of hydrogen-bond donors (Lipinski definition) is 1. The zero-order chi connectivity index (χ0) is 30.0. The van der Waals surface area contributed by atoms with E-state index >= 15 is 0 Å². The van der Waals surface area contributed by atoms with Crippen LogP contribution in [0, 0.1) is 11.3 Å². The third-order valence-corrected chi connectivity index (χ3v) is 10.9. The molecule has 0 radical (unpaired) electrons. The first kappa shape index (κ1) is 28.2. The summed E-state index contributed by atoms with van der Waals surface area (Å²) in [5.74, 6) is 1.48. The summed E-state index contributed by atoms with van der Waals surface area (Å²) in [5.41, 5.74) is 9.41. The molecule has 10 nitrogen and oxygen atoms in total. The number of thiophene rings is 1. The van der Waals surface area contributed by atoms with Crippen LogP contribution in [-0.4, -0.2) is 69.5 Å². The van der Waals surface area contributed by atoms with Gasteiger partial charge >= 0.3 is 0 Å². The van der Waals surface area contributed by atoms with Crippen LogP contribution in [0.5, 0.6) is 0 Å². The molecule has 3 atom stereocenters. The Labute approximate surface area is 252 Å². The minimum Gasteiger partial charge on any atom is -0.389 e. The van der Waals surface area contributed by atoms with Crippen LogP contribution in [0.25, 0.3) is 22.6 Å². The predicted molar refractivity (Wildman–Crippen MR) is 161 cm³/mol. The predicted octanol–water partition coefficient (Wildman–Crippen LogP) is 5.31. The van der Waals surface area contributed by atoms with Crippen LogP contribution >= 0.6 is 11.3 Å². The van der Waals surface area contributed by atoms with Crippen molar-refractivity contribution in [3.63, 3.8) is 0 Å². The summed E-state index contributed by atoms with van der Waals surface area (Å²) in [4.78, 5) is 14.8. The van der Waals surface area contributed by atoms with Crippen molar-refractivity contribution in [2.75, 3.05) is 37.8 Å². The molecule has 13 heteroatoms. The van der Waals surface area contributed by atoms with Crippen molar-refractivity contribution in [1.29, 1.82) is 5.26 Å². The summed E-state index contributed by atoms with van der Waals surface area (Å²) >= 11 is 1.50. The average Bonchev–Trinajstić information content (AvgIpc) is 3.77. The van der Waals surface area contributed by atoms with Crippen molar-refractivity contribution in [1.82, 2.24) is 29.8 Å².